The molecule has 0 bridgehead atoms. The highest BCUT2D eigenvalue weighted by atomic mass is 16.5. The van der Waals surface area contributed by atoms with E-state index in [-0.39, 0.29) is 0 Å². The van der Waals surface area contributed by atoms with Crippen LogP contribution in [-0.2, 0) is 0 Å². The molecule has 0 saturated carbocycles. The molecule has 92 valence electrons. The predicted molar refractivity (Wildman–Crippen MR) is 70.2 cm³/mol. The molecule has 0 aromatic heterocycles. The van der Waals surface area contributed by atoms with E-state index in [0.717, 1.165) is 11.4 Å². The molecular formula is C14H14N2O2. The van der Waals surface area contributed by atoms with E-state index in [9.17, 15) is 0 Å². The number of methoxy groups -OCH3 is 2. The van der Waals surface area contributed by atoms with Crippen LogP contribution in [0, 0.1) is 0 Å². The molecule has 0 aliphatic rings. The molecular weight excluding hydrogens is 228 g/mol. The van der Waals surface area contributed by atoms with Crippen LogP contribution >= 0.6 is 0 Å². The van der Waals surface area contributed by atoms with Gasteiger partial charge >= 0.3 is 0 Å². The summed E-state index contributed by atoms with van der Waals surface area (Å²) in [6.45, 7) is 0. The van der Waals surface area contributed by atoms with Gasteiger partial charge in [0.2, 0.25) is 0 Å². The highest BCUT2D eigenvalue weighted by Gasteiger charge is 2.03. The fourth-order valence-corrected chi connectivity index (χ4v) is 1.47. The summed E-state index contributed by atoms with van der Waals surface area (Å²) in [7, 11) is 3.20. The number of nitrogens with zero attached hydrogens (tertiary/aromatic N) is 2. The molecule has 0 amide bonds. The van der Waals surface area contributed by atoms with Gasteiger partial charge in [0.15, 0.2) is 0 Å². The van der Waals surface area contributed by atoms with Crippen LogP contribution in [0.1, 0.15) is 0 Å². The second-order valence-electron chi connectivity index (χ2n) is 3.57. The normalized spacial score (nSPS) is 10.6. The van der Waals surface area contributed by atoms with Crippen molar-refractivity contribution in [2.75, 3.05) is 14.2 Å². The van der Waals surface area contributed by atoms with Crippen LogP contribution in [0.5, 0.6) is 11.5 Å². The minimum atomic E-state index is 0.633. The van der Waals surface area contributed by atoms with Crippen molar-refractivity contribution in [2.24, 2.45) is 10.2 Å². The van der Waals surface area contributed by atoms with Gasteiger partial charge in [-0.2, -0.15) is 5.11 Å². The SMILES string of the molecule is COc1ccc(N=Nc2ccccc2)c(OC)c1. The summed E-state index contributed by atoms with van der Waals surface area (Å²) in [6.07, 6.45) is 0. The highest BCUT2D eigenvalue weighted by molar-refractivity contribution is 5.55. The maximum Gasteiger partial charge on any atom is 0.150 e. The lowest BCUT2D eigenvalue weighted by Crippen LogP contribution is -1.86. The van der Waals surface area contributed by atoms with Gasteiger partial charge in [0.1, 0.15) is 17.2 Å². The summed E-state index contributed by atoms with van der Waals surface area (Å²) >= 11 is 0. The molecule has 0 aliphatic heterocycles. The monoisotopic (exact) mass is 242 g/mol. The van der Waals surface area contributed by atoms with Crippen LogP contribution in [0.4, 0.5) is 11.4 Å². The molecule has 18 heavy (non-hydrogen) atoms. The van der Waals surface area contributed by atoms with Crippen LogP contribution in [0.15, 0.2) is 58.8 Å². The van der Waals surface area contributed by atoms with Crippen LogP contribution < -0.4 is 9.47 Å². The topological polar surface area (TPSA) is 43.2 Å². The van der Waals surface area contributed by atoms with Crippen LogP contribution in [0.2, 0.25) is 0 Å². The Morgan fingerprint density at radius 2 is 1.61 bits per heavy atom. The Morgan fingerprint density at radius 3 is 2.28 bits per heavy atom. The van der Waals surface area contributed by atoms with E-state index in [1.165, 1.54) is 0 Å². The molecule has 0 spiro atoms. The van der Waals surface area contributed by atoms with E-state index in [1.807, 2.05) is 42.5 Å². The summed E-state index contributed by atoms with van der Waals surface area (Å²) in [4.78, 5) is 0. The second-order valence-corrected chi connectivity index (χ2v) is 3.57. The minimum absolute atomic E-state index is 0.633. The Bertz CT molecular complexity index is 539. The highest BCUT2D eigenvalue weighted by Crippen LogP contribution is 2.32. The minimum Gasteiger partial charge on any atom is -0.497 e. The first-order chi connectivity index (χ1) is 8.83. The van der Waals surface area contributed by atoms with Crippen molar-refractivity contribution in [3.05, 3.63) is 48.5 Å². The molecule has 0 N–H and O–H groups in total. The lowest BCUT2D eigenvalue weighted by molar-refractivity contribution is 0.395. The van der Waals surface area contributed by atoms with E-state index < -0.39 is 0 Å². The van der Waals surface area contributed by atoms with Crippen molar-refractivity contribution in [1.82, 2.24) is 0 Å². The largest absolute Gasteiger partial charge is 0.497 e. The first kappa shape index (κ1) is 12.1. The Morgan fingerprint density at radius 1 is 0.833 bits per heavy atom. The molecule has 2 rings (SSSR count). The van der Waals surface area contributed by atoms with Gasteiger partial charge in [0.25, 0.3) is 0 Å². The summed E-state index contributed by atoms with van der Waals surface area (Å²) in [5, 5.41) is 8.31. The third kappa shape index (κ3) is 2.85. The van der Waals surface area contributed by atoms with Gasteiger partial charge in [-0.3, -0.25) is 0 Å². The van der Waals surface area contributed by atoms with Crippen molar-refractivity contribution >= 4 is 11.4 Å². The Labute approximate surface area is 106 Å². The third-order valence-electron chi connectivity index (χ3n) is 2.42. The summed E-state index contributed by atoms with van der Waals surface area (Å²) in [6, 6.07) is 15.0. The number of hydrogen-bond acceptors (Lipinski definition) is 4. The number of rotatable bonds is 4. The Kier molecular flexibility index (Phi) is 3.91. The molecule has 2 aromatic carbocycles. The van der Waals surface area contributed by atoms with E-state index in [2.05, 4.69) is 10.2 Å². The lowest BCUT2D eigenvalue weighted by Gasteiger charge is -2.05. The zero-order valence-corrected chi connectivity index (χ0v) is 10.3. The summed E-state index contributed by atoms with van der Waals surface area (Å²) < 4.78 is 10.4. The molecule has 0 aliphatic carbocycles. The van der Waals surface area contributed by atoms with Gasteiger partial charge < -0.3 is 9.47 Å². The zero-order valence-electron chi connectivity index (χ0n) is 10.3. The van der Waals surface area contributed by atoms with E-state index in [4.69, 9.17) is 9.47 Å². The standard InChI is InChI=1S/C14H14N2O2/c1-17-12-8-9-13(14(10-12)18-2)16-15-11-6-4-3-5-7-11/h3-10H,1-2H3. The van der Waals surface area contributed by atoms with E-state index in [1.54, 1.807) is 20.3 Å². The van der Waals surface area contributed by atoms with Crippen molar-refractivity contribution in [1.29, 1.82) is 0 Å². The van der Waals surface area contributed by atoms with Gasteiger partial charge in [0, 0.05) is 6.07 Å². The third-order valence-corrected chi connectivity index (χ3v) is 2.42. The summed E-state index contributed by atoms with van der Waals surface area (Å²) in [5.74, 6) is 1.36. The maximum absolute atomic E-state index is 5.24. The molecule has 4 heteroatoms. The van der Waals surface area contributed by atoms with E-state index in [0.29, 0.717) is 11.4 Å². The average molecular weight is 242 g/mol. The smallest absolute Gasteiger partial charge is 0.150 e. The number of benzene rings is 2. The second kappa shape index (κ2) is 5.82. The van der Waals surface area contributed by atoms with Gasteiger partial charge in [-0.25, -0.2) is 0 Å². The zero-order chi connectivity index (χ0) is 12.8. The number of hydrogen-bond donors (Lipinski definition) is 0. The first-order valence-electron chi connectivity index (χ1n) is 5.52. The fraction of sp³-hybridized carbons (Fsp3) is 0.143. The number of azo groups is 1. The Balaban J connectivity index is 2.26. The predicted octanol–water partition coefficient (Wildman–Crippen LogP) is 4.12. The first-order valence-corrected chi connectivity index (χ1v) is 5.52. The summed E-state index contributed by atoms with van der Waals surface area (Å²) in [5.41, 5.74) is 1.47. The van der Waals surface area contributed by atoms with Crippen molar-refractivity contribution in [3.8, 4) is 11.5 Å². The lowest BCUT2D eigenvalue weighted by atomic mass is 10.3. The van der Waals surface area contributed by atoms with Crippen LogP contribution in [-0.4, -0.2) is 14.2 Å². The molecule has 0 heterocycles. The average Bonchev–Trinajstić information content (AvgIpc) is 2.46. The van der Waals surface area contributed by atoms with E-state index >= 15 is 0 Å². The fourth-order valence-electron chi connectivity index (χ4n) is 1.47. The van der Waals surface area contributed by atoms with Gasteiger partial charge in [-0.05, 0) is 24.3 Å². The number of ether oxygens (including phenoxy) is 2. The molecule has 0 saturated heterocycles. The van der Waals surface area contributed by atoms with Crippen molar-refractivity contribution in [2.45, 2.75) is 0 Å². The quantitative estimate of drug-likeness (QED) is 0.757. The molecule has 0 unspecified atom stereocenters. The molecule has 0 radical (unpaired) electrons. The van der Waals surface area contributed by atoms with Crippen LogP contribution in [0.3, 0.4) is 0 Å². The van der Waals surface area contributed by atoms with Crippen molar-refractivity contribution < 1.29 is 9.47 Å². The van der Waals surface area contributed by atoms with Gasteiger partial charge in [-0.15, -0.1) is 5.11 Å². The Hall–Kier alpha value is -2.36. The molecule has 4 nitrogen and oxygen atoms in total. The maximum atomic E-state index is 5.24. The van der Waals surface area contributed by atoms with Crippen molar-refractivity contribution in [3.63, 3.8) is 0 Å². The van der Waals surface area contributed by atoms with Gasteiger partial charge in [0.05, 0.1) is 19.9 Å². The molecule has 0 fully saturated rings. The molecule has 0 atom stereocenters. The van der Waals surface area contributed by atoms with Crippen LogP contribution in [0.25, 0.3) is 0 Å². The van der Waals surface area contributed by atoms with Gasteiger partial charge in [-0.1, -0.05) is 18.2 Å². The molecule has 2 aromatic rings.